The zero-order chi connectivity index (χ0) is 32.0. The van der Waals surface area contributed by atoms with Crippen LogP contribution in [0, 0.1) is 17.5 Å². The van der Waals surface area contributed by atoms with Gasteiger partial charge in [0.2, 0.25) is 5.91 Å². The molecule has 0 bridgehead atoms. The smallest absolute Gasteiger partial charge is 0.366 e. The lowest BCUT2D eigenvalue weighted by Gasteiger charge is -2.22. The van der Waals surface area contributed by atoms with Crippen LogP contribution in [0.1, 0.15) is 44.6 Å². The lowest BCUT2D eigenvalue weighted by atomic mass is 9.94. The van der Waals surface area contributed by atoms with Gasteiger partial charge in [-0.3, -0.25) is 19.3 Å². The second kappa shape index (κ2) is 11.4. The molecule has 0 aliphatic heterocycles. The van der Waals surface area contributed by atoms with Crippen molar-refractivity contribution in [2.75, 3.05) is 0 Å². The van der Waals surface area contributed by atoms with Crippen molar-refractivity contribution in [1.82, 2.24) is 20.1 Å². The average molecular weight is 624 g/mol. The Balaban J connectivity index is 1.53. The molecule has 0 unspecified atom stereocenters. The number of nitrogens with zero attached hydrogens (tertiary/aromatic N) is 3. The van der Waals surface area contributed by atoms with E-state index in [1.165, 1.54) is 24.4 Å². The maximum absolute atomic E-state index is 14.2. The molecule has 2 aromatic heterocycles. The summed E-state index contributed by atoms with van der Waals surface area (Å²) >= 11 is 0. The zero-order valence-corrected chi connectivity index (χ0v) is 22.4. The largest absolute Gasteiger partial charge is 0.435 e. The Labute approximate surface area is 243 Å². The van der Waals surface area contributed by atoms with E-state index in [1.807, 2.05) is 0 Å². The number of hydrogen-bond donors (Lipinski definition) is 2. The van der Waals surface area contributed by atoms with E-state index in [9.17, 15) is 44.7 Å². The minimum Gasteiger partial charge on any atom is -0.366 e. The maximum Gasteiger partial charge on any atom is 0.435 e. The molecule has 7 nitrogen and oxygen atoms in total. The van der Waals surface area contributed by atoms with Crippen LogP contribution in [0.2, 0.25) is 0 Å². The number of carbonyl (C=O) groups is 2. The van der Waals surface area contributed by atoms with Gasteiger partial charge in [0, 0.05) is 35.5 Å². The number of rotatable bonds is 8. The summed E-state index contributed by atoms with van der Waals surface area (Å²) in [5, 5.41) is 5.95. The van der Waals surface area contributed by atoms with Crippen LogP contribution in [0.3, 0.4) is 0 Å². The van der Waals surface area contributed by atoms with Gasteiger partial charge >= 0.3 is 6.18 Å². The van der Waals surface area contributed by atoms with Gasteiger partial charge in [0.1, 0.15) is 24.0 Å². The van der Waals surface area contributed by atoms with Crippen molar-refractivity contribution in [2.45, 2.75) is 43.9 Å². The molecule has 1 atom stereocenters. The number of alkyl halides is 5. The molecule has 2 amide bonds. The molecule has 0 saturated carbocycles. The topological polar surface area (TPSA) is 103 Å². The summed E-state index contributed by atoms with van der Waals surface area (Å²) in [6, 6.07) is 7.81. The summed E-state index contributed by atoms with van der Waals surface area (Å²) in [5.41, 5.74) is 2.77. The third kappa shape index (κ3) is 6.40. The van der Waals surface area contributed by atoms with E-state index >= 15 is 0 Å². The fraction of sp³-hybridized carbons (Fsp3) is 0.241. The van der Waals surface area contributed by atoms with E-state index in [1.54, 1.807) is 0 Å². The highest BCUT2D eigenvalue weighted by atomic mass is 19.4. The van der Waals surface area contributed by atoms with Crippen molar-refractivity contribution in [1.29, 1.82) is 0 Å². The Bertz CT molecular complexity index is 1750. The van der Waals surface area contributed by atoms with Crippen LogP contribution >= 0.6 is 0 Å². The van der Waals surface area contributed by atoms with Crippen LogP contribution in [-0.4, -0.2) is 32.5 Å². The molecule has 230 valence electrons. The Morgan fingerprint density at radius 3 is 2.39 bits per heavy atom. The van der Waals surface area contributed by atoms with Gasteiger partial charge in [-0.2, -0.15) is 18.3 Å². The van der Waals surface area contributed by atoms with E-state index in [0.717, 1.165) is 24.3 Å². The highest BCUT2D eigenvalue weighted by molar-refractivity contribution is 5.94. The standard InChI is InChI=1S/C29H21F8N5O2/c30-16-6-14(7-17(31)10-16)8-22(25-18(2-1-5-39-25)15-3-4-21(32)19(9-15)27(38)44)40-24(43)13-42-23-12-28(33,34)11-20(23)26(41-42)29(35,36)37/h1-7,9-10,22H,8,11-13H2,(H2,38,44)(H,40,43)/t22-/m0/s1. The van der Waals surface area contributed by atoms with Gasteiger partial charge in [0.25, 0.3) is 11.8 Å². The molecule has 15 heteroatoms. The van der Waals surface area contributed by atoms with Crippen molar-refractivity contribution in [2.24, 2.45) is 5.73 Å². The monoisotopic (exact) mass is 623 g/mol. The van der Waals surface area contributed by atoms with Crippen LogP contribution in [0.15, 0.2) is 54.7 Å². The third-order valence-electron chi connectivity index (χ3n) is 7.00. The SMILES string of the molecule is NC(=O)c1cc(-c2cccnc2[C@H](Cc2cc(F)cc(F)c2)NC(=O)Cn2nc(C(F)(F)F)c3c2CC(F)(F)C3)ccc1F. The fourth-order valence-corrected chi connectivity index (χ4v) is 5.22. The molecule has 4 aromatic rings. The predicted molar refractivity (Wildman–Crippen MR) is 139 cm³/mol. The molecule has 5 rings (SSSR count). The predicted octanol–water partition coefficient (Wildman–Crippen LogP) is 5.31. The van der Waals surface area contributed by atoms with Gasteiger partial charge in [-0.05, 0) is 47.9 Å². The number of nitrogens with one attached hydrogen (secondary N) is 1. The van der Waals surface area contributed by atoms with Crippen molar-refractivity contribution < 1.29 is 44.7 Å². The van der Waals surface area contributed by atoms with E-state index in [4.69, 9.17) is 5.73 Å². The minimum absolute atomic E-state index is 0.0558. The molecule has 0 radical (unpaired) electrons. The number of fused-ring (bicyclic) bond motifs is 1. The Morgan fingerprint density at radius 2 is 1.73 bits per heavy atom. The molecule has 1 aliphatic carbocycles. The van der Waals surface area contributed by atoms with Crippen LogP contribution < -0.4 is 11.1 Å². The molecule has 3 N–H and O–H groups in total. The third-order valence-corrected chi connectivity index (χ3v) is 7.00. The molecule has 0 spiro atoms. The second-order valence-corrected chi connectivity index (χ2v) is 10.2. The molecule has 44 heavy (non-hydrogen) atoms. The quantitative estimate of drug-likeness (QED) is 0.260. The highest BCUT2D eigenvalue weighted by Gasteiger charge is 2.48. The number of pyridine rings is 1. The lowest BCUT2D eigenvalue weighted by Crippen LogP contribution is -2.34. The Morgan fingerprint density at radius 1 is 1.02 bits per heavy atom. The summed E-state index contributed by atoms with van der Waals surface area (Å²) in [6.45, 7) is -0.896. The van der Waals surface area contributed by atoms with E-state index in [-0.39, 0.29) is 28.8 Å². The number of hydrogen-bond acceptors (Lipinski definition) is 4. The maximum atomic E-state index is 14.2. The second-order valence-electron chi connectivity index (χ2n) is 10.2. The van der Waals surface area contributed by atoms with Gasteiger partial charge in [-0.15, -0.1) is 0 Å². The van der Waals surface area contributed by atoms with Crippen molar-refractivity contribution in [3.05, 3.63) is 106 Å². The molecule has 2 aromatic carbocycles. The number of nitrogens with two attached hydrogens (primary N) is 1. The number of amides is 2. The minimum atomic E-state index is -5.04. The first-order valence-electron chi connectivity index (χ1n) is 12.9. The summed E-state index contributed by atoms with van der Waals surface area (Å²) in [4.78, 5) is 29.3. The Kier molecular flexibility index (Phi) is 7.90. The highest BCUT2D eigenvalue weighted by Crippen LogP contribution is 2.41. The number of benzene rings is 2. The number of halogens is 8. The van der Waals surface area contributed by atoms with E-state index < -0.39 is 89.3 Å². The zero-order valence-electron chi connectivity index (χ0n) is 22.4. The molecule has 0 fully saturated rings. The Hall–Kier alpha value is -4.82. The fourth-order valence-electron chi connectivity index (χ4n) is 5.22. The normalized spacial score (nSPS) is 14.7. The molecular weight excluding hydrogens is 602 g/mol. The van der Waals surface area contributed by atoms with Crippen molar-refractivity contribution >= 4 is 11.8 Å². The number of carbonyl (C=O) groups excluding carboxylic acids is 2. The first-order chi connectivity index (χ1) is 20.6. The molecule has 0 saturated heterocycles. The summed E-state index contributed by atoms with van der Waals surface area (Å²) in [6.07, 6.45) is -6.26. The van der Waals surface area contributed by atoms with Crippen molar-refractivity contribution in [3.63, 3.8) is 0 Å². The molecule has 1 aliphatic rings. The molecule has 2 heterocycles. The van der Waals surface area contributed by atoms with Crippen LogP contribution in [0.4, 0.5) is 35.1 Å². The van der Waals surface area contributed by atoms with Crippen LogP contribution in [-0.2, 0) is 36.8 Å². The average Bonchev–Trinajstić information content (AvgIpc) is 3.40. The van der Waals surface area contributed by atoms with Crippen molar-refractivity contribution in [3.8, 4) is 11.1 Å². The van der Waals surface area contributed by atoms with E-state index in [0.29, 0.717) is 10.7 Å². The van der Waals surface area contributed by atoms with Gasteiger partial charge in [-0.25, -0.2) is 22.0 Å². The number of primary amides is 1. The summed E-state index contributed by atoms with van der Waals surface area (Å²) < 4.78 is 112. The van der Waals surface area contributed by atoms with Gasteiger partial charge in [0.05, 0.1) is 23.7 Å². The number of aromatic nitrogens is 3. The molecular formula is C29H21F8N5O2. The van der Waals surface area contributed by atoms with Crippen LogP contribution in [0.25, 0.3) is 11.1 Å². The van der Waals surface area contributed by atoms with Gasteiger partial charge < -0.3 is 11.1 Å². The summed E-state index contributed by atoms with van der Waals surface area (Å²) in [5.74, 6) is -8.26. The van der Waals surface area contributed by atoms with Crippen LogP contribution in [0.5, 0.6) is 0 Å². The van der Waals surface area contributed by atoms with E-state index in [2.05, 4.69) is 15.4 Å². The first-order valence-corrected chi connectivity index (χ1v) is 12.9. The van der Waals surface area contributed by atoms with Gasteiger partial charge in [-0.1, -0.05) is 12.1 Å². The lowest BCUT2D eigenvalue weighted by molar-refractivity contribution is -0.142. The summed E-state index contributed by atoms with van der Waals surface area (Å²) in [7, 11) is 0. The first kappa shape index (κ1) is 30.6. The van der Waals surface area contributed by atoms with Gasteiger partial charge in [0.15, 0.2) is 5.69 Å².